The molecule has 1 aromatic heterocycles. The average Bonchev–Trinajstić information content (AvgIpc) is 3.18. The summed E-state index contributed by atoms with van der Waals surface area (Å²) in [5, 5.41) is 14.7. The van der Waals surface area contributed by atoms with Gasteiger partial charge in [0.25, 0.3) is 5.91 Å². The molecule has 2 amide bonds. The van der Waals surface area contributed by atoms with Crippen LogP contribution in [0.4, 0.5) is 5.69 Å². The van der Waals surface area contributed by atoms with Gasteiger partial charge < -0.3 is 10.6 Å². The quantitative estimate of drug-likeness (QED) is 0.636. The van der Waals surface area contributed by atoms with Crippen LogP contribution < -0.4 is 10.6 Å². The number of nitrogens with one attached hydrogen (secondary N) is 2. The Morgan fingerprint density at radius 3 is 2.46 bits per heavy atom. The van der Waals surface area contributed by atoms with Crippen LogP contribution in [0.1, 0.15) is 45.3 Å². The Labute approximate surface area is 168 Å². The standard InChI is InChI=1S/C21H22N4O2S/c1-14-8-10-17(11-9-14)23-20(27)21-25-24-19(28-21)13-12-18(26)22-15(2)16-6-4-3-5-7-16/h3-11,15H,12-13H2,1-2H3,(H,22,26)(H,23,27)/t15-/m0/s1. The number of hydrogen-bond acceptors (Lipinski definition) is 5. The van der Waals surface area contributed by atoms with Gasteiger partial charge in [0.05, 0.1) is 6.04 Å². The first-order chi connectivity index (χ1) is 13.5. The van der Waals surface area contributed by atoms with Crippen molar-refractivity contribution in [2.45, 2.75) is 32.7 Å². The number of anilines is 1. The van der Waals surface area contributed by atoms with Gasteiger partial charge in [-0.25, -0.2) is 0 Å². The number of benzene rings is 2. The minimum atomic E-state index is -0.297. The molecule has 3 rings (SSSR count). The summed E-state index contributed by atoms with van der Waals surface area (Å²) in [6.07, 6.45) is 0.744. The third-order valence-electron chi connectivity index (χ3n) is 4.21. The van der Waals surface area contributed by atoms with E-state index < -0.39 is 0 Å². The number of aryl methyl sites for hydroxylation is 2. The molecule has 1 atom stereocenters. The molecule has 0 aliphatic heterocycles. The van der Waals surface area contributed by atoms with Crippen molar-refractivity contribution in [2.75, 3.05) is 5.32 Å². The Morgan fingerprint density at radius 1 is 1.04 bits per heavy atom. The molecule has 0 unspecified atom stereocenters. The molecule has 2 aromatic carbocycles. The lowest BCUT2D eigenvalue weighted by molar-refractivity contribution is -0.121. The van der Waals surface area contributed by atoms with Crippen molar-refractivity contribution in [3.8, 4) is 0 Å². The molecule has 3 aromatic rings. The molecule has 0 aliphatic carbocycles. The fourth-order valence-corrected chi connectivity index (χ4v) is 3.36. The van der Waals surface area contributed by atoms with Gasteiger partial charge >= 0.3 is 0 Å². The maximum Gasteiger partial charge on any atom is 0.286 e. The SMILES string of the molecule is Cc1ccc(NC(=O)c2nnc(CCC(=O)N[C@@H](C)c3ccccc3)s2)cc1. The normalized spacial score (nSPS) is 11.6. The van der Waals surface area contributed by atoms with E-state index in [1.165, 1.54) is 11.3 Å². The van der Waals surface area contributed by atoms with E-state index in [1.54, 1.807) is 0 Å². The Hall–Kier alpha value is -3.06. The largest absolute Gasteiger partial charge is 0.350 e. The first-order valence-corrected chi connectivity index (χ1v) is 9.87. The second kappa shape index (κ2) is 9.23. The van der Waals surface area contributed by atoms with E-state index in [-0.39, 0.29) is 22.9 Å². The fourth-order valence-electron chi connectivity index (χ4n) is 2.63. The van der Waals surface area contributed by atoms with Gasteiger partial charge in [-0.05, 0) is 31.5 Å². The molecule has 6 nitrogen and oxygen atoms in total. The van der Waals surface area contributed by atoms with E-state index >= 15 is 0 Å². The van der Waals surface area contributed by atoms with Crippen LogP contribution in [0, 0.1) is 6.92 Å². The second-order valence-corrected chi connectivity index (χ2v) is 7.58. The molecular formula is C21H22N4O2S. The van der Waals surface area contributed by atoms with Crippen LogP contribution in [0.15, 0.2) is 54.6 Å². The minimum absolute atomic E-state index is 0.0565. The van der Waals surface area contributed by atoms with E-state index in [9.17, 15) is 9.59 Å². The van der Waals surface area contributed by atoms with Crippen molar-refractivity contribution in [3.05, 3.63) is 75.7 Å². The first-order valence-electron chi connectivity index (χ1n) is 9.06. The van der Waals surface area contributed by atoms with Gasteiger partial charge in [-0.15, -0.1) is 10.2 Å². The van der Waals surface area contributed by atoms with Gasteiger partial charge in [0.1, 0.15) is 5.01 Å². The van der Waals surface area contributed by atoms with Crippen LogP contribution in [0.25, 0.3) is 0 Å². The van der Waals surface area contributed by atoms with Crippen LogP contribution >= 0.6 is 11.3 Å². The Bertz CT molecular complexity index is 939. The van der Waals surface area contributed by atoms with Gasteiger partial charge in [0.15, 0.2) is 0 Å². The highest BCUT2D eigenvalue weighted by Crippen LogP contribution is 2.16. The minimum Gasteiger partial charge on any atom is -0.350 e. The predicted molar refractivity (Wildman–Crippen MR) is 110 cm³/mol. The van der Waals surface area contributed by atoms with E-state index in [0.29, 0.717) is 23.5 Å². The van der Waals surface area contributed by atoms with Crippen LogP contribution in [0.5, 0.6) is 0 Å². The zero-order valence-corrected chi connectivity index (χ0v) is 16.6. The summed E-state index contributed by atoms with van der Waals surface area (Å²) in [5.41, 5.74) is 2.89. The monoisotopic (exact) mass is 394 g/mol. The highest BCUT2D eigenvalue weighted by atomic mass is 32.1. The van der Waals surface area contributed by atoms with E-state index in [1.807, 2.05) is 68.4 Å². The lowest BCUT2D eigenvalue weighted by atomic mass is 10.1. The summed E-state index contributed by atoms with van der Waals surface area (Å²) >= 11 is 1.21. The van der Waals surface area contributed by atoms with Gasteiger partial charge in [-0.1, -0.05) is 59.4 Å². The van der Waals surface area contributed by atoms with Crippen molar-refractivity contribution >= 4 is 28.8 Å². The number of carbonyl (C=O) groups is 2. The number of rotatable bonds is 7. The van der Waals surface area contributed by atoms with Gasteiger partial charge in [0, 0.05) is 18.5 Å². The number of aromatic nitrogens is 2. The molecule has 7 heteroatoms. The highest BCUT2D eigenvalue weighted by Gasteiger charge is 2.15. The Morgan fingerprint density at radius 2 is 1.75 bits per heavy atom. The highest BCUT2D eigenvalue weighted by molar-refractivity contribution is 7.13. The van der Waals surface area contributed by atoms with Crippen LogP contribution in [-0.2, 0) is 11.2 Å². The lowest BCUT2D eigenvalue weighted by Gasteiger charge is -2.13. The maximum atomic E-state index is 12.3. The Balaban J connectivity index is 1.49. The molecule has 0 radical (unpaired) electrons. The topological polar surface area (TPSA) is 84.0 Å². The summed E-state index contributed by atoms with van der Waals surface area (Å²) in [4.78, 5) is 24.4. The fraction of sp³-hybridized carbons (Fsp3) is 0.238. The zero-order chi connectivity index (χ0) is 19.9. The van der Waals surface area contributed by atoms with E-state index in [4.69, 9.17) is 0 Å². The summed E-state index contributed by atoms with van der Waals surface area (Å²) < 4.78 is 0. The summed E-state index contributed by atoms with van der Waals surface area (Å²) in [7, 11) is 0. The number of nitrogens with zero attached hydrogens (tertiary/aromatic N) is 2. The molecule has 0 saturated carbocycles. The van der Waals surface area contributed by atoms with Crippen LogP contribution in [-0.4, -0.2) is 22.0 Å². The van der Waals surface area contributed by atoms with Crippen LogP contribution in [0.2, 0.25) is 0 Å². The molecular weight excluding hydrogens is 372 g/mol. The van der Waals surface area contributed by atoms with Crippen molar-refractivity contribution < 1.29 is 9.59 Å². The lowest BCUT2D eigenvalue weighted by Crippen LogP contribution is -2.26. The third-order valence-corrected chi connectivity index (χ3v) is 5.20. The third kappa shape index (κ3) is 5.47. The molecule has 0 bridgehead atoms. The second-order valence-electron chi connectivity index (χ2n) is 6.52. The van der Waals surface area contributed by atoms with E-state index in [0.717, 1.165) is 11.1 Å². The molecule has 0 fully saturated rings. The number of carbonyl (C=O) groups excluding carboxylic acids is 2. The van der Waals surface area contributed by atoms with Crippen LogP contribution in [0.3, 0.4) is 0 Å². The van der Waals surface area contributed by atoms with Crippen molar-refractivity contribution in [3.63, 3.8) is 0 Å². The summed E-state index contributed by atoms with van der Waals surface area (Å²) in [5.74, 6) is -0.355. The van der Waals surface area contributed by atoms with Crippen molar-refractivity contribution in [1.29, 1.82) is 0 Å². The maximum absolute atomic E-state index is 12.3. The van der Waals surface area contributed by atoms with Gasteiger partial charge in [-0.3, -0.25) is 9.59 Å². The molecule has 144 valence electrons. The molecule has 1 heterocycles. The Kier molecular flexibility index (Phi) is 6.49. The van der Waals surface area contributed by atoms with Crippen molar-refractivity contribution in [1.82, 2.24) is 15.5 Å². The smallest absolute Gasteiger partial charge is 0.286 e. The first kappa shape index (κ1) is 19.7. The molecule has 0 aliphatic rings. The van der Waals surface area contributed by atoms with Gasteiger partial charge in [-0.2, -0.15) is 0 Å². The van der Waals surface area contributed by atoms with E-state index in [2.05, 4.69) is 20.8 Å². The molecule has 28 heavy (non-hydrogen) atoms. The number of amides is 2. The molecule has 0 spiro atoms. The van der Waals surface area contributed by atoms with Gasteiger partial charge in [0.2, 0.25) is 10.9 Å². The summed E-state index contributed by atoms with van der Waals surface area (Å²) in [6, 6.07) is 17.3. The number of hydrogen-bond donors (Lipinski definition) is 2. The average molecular weight is 395 g/mol. The predicted octanol–water partition coefficient (Wildman–Crippen LogP) is 3.91. The molecule has 2 N–H and O–H groups in total. The zero-order valence-electron chi connectivity index (χ0n) is 15.8. The molecule has 0 saturated heterocycles. The van der Waals surface area contributed by atoms with Crippen molar-refractivity contribution in [2.24, 2.45) is 0 Å². The summed E-state index contributed by atoms with van der Waals surface area (Å²) in [6.45, 7) is 3.94.